The van der Waals surface area contributed by atoms with Crippen LogP contribution in [0.2, 0.25) is 0 Å². The fourth-order valence-corrected chi connectivity index (χ4v) is 2.63. The number of carbonyl (C=O) groups excluding carboxylic acids is 1. The van der Waals surface area contributed by atoms with E-state index in [0.717, 1.165) is 25.7 Å². The van der Waals surface area contributed by atoms with Crippen molar-refractivity contribution in [2.75, 3.05) is 66.1 Å². The maximum absolute atomic E-state index is 11.5. The molecule has 1 aromatic rings. The number of nitrogens with zero attached hydrogens (tertiary/aromatic N) is 1. The van der Waals surface area contributed by atoms with Crippen LogP contribution < -0.4 is 4.74 Å². The van der Waals surface area contributed by atoms with Gasteiger partial charge in [-0.15, -0.1) is 0 Å². The number of nitro benzene ring substituents is 1. The average Bonchev–Trinajstić information content (AvgIpc) is 2.82. The van der Waals surface area contributed by atoms with Crippen LogP contribution in [0.1, 0.15) is 39.0 Å². The highest BCUT2D eigenvalue weighted by molar-refractivity contribution is 5.69. The third-order valence-electron chi connectivity index (χ3n) is 4.39. The molecule has 1 rings (SSSR count). The highest BCUT2D eigenvalue weighted by atomic mass is 16.6. The molecule has 0 saturated carbocycles. The number of unbranched alkanes of at least 4 members (excludes halogenated alkanes) is 3. The Balaban J connectivity index is 1.77. The SMILES string of the molecule is CCCCCCC(=O)OCCOCCOCCOCCOCCOc1ccc([N+](=O)[O-])cc1. The van der Waals surface area contributed by atoms with Gasteiger partial charge in [0.25, 0.3) is 5.69 Å². The van der Waals surface area contributed by atoms with Gasteiger partial charge in [0.1, 0.15) is 19.0 Å². The Morgan fingerprint density at radius 1 is 0.758 bits per heavy atom. The van der Waals surface area contributed by atoms with Crippen molar-refractivity contribution < 1.29 is 38.1 Å². The molecule has 0 heterocycles. The minimum atomic E-state index is -0.454. The van der Waals surface area contributed by atoms with E-state index in [0.29, 0.717) is 71.6 Å². The molecule has 188 valence electrons. The molecule has 0 radical (unpaired) electrons. The van der Waals surface area contributed by atoms with Gasteiger partial charge in [0.15, 0.2) is 0 Å². The van der Waals surface area contributed by atoms with Crippen LogP contribution in [0.5, 0.6) is 5.75 Å². The molecule has 0 atom stereocenters. The Bertz CT molecular complexity index is 625. The van der Waals surface area contributed by atoms with Crippen LogP contribution in [0.15, 0.2) is 24.3 Å². The molecule has 33 heavy (non-hydrogen) atoms. The van der Waals surface area contributed by atoms with Crippen LogP contribution in [-0.4, -0.2) is 77.0 Å². The summed E-state index contributed by atoms with van der Waals surface area (Å²) in [6.45, 7) is 6.19. The second-order valence-corrected chi connectivity index (χ2v) is 7.08. The van der Waals surface area contributed by atoms with Crippen molar-refractivity contribution in [1.82, 2.24) is 0 Å². The summed E-state index contributed by atoms with van der Waals surface area (Å²) >= 11 is 0. The Labute approximate surface area is 195 Å². The van der Waals surface area contributed by atoms with Gasteiger partial charge >= 0.3 is 5.97 Å². The van der Waals surface area contributed by atoms with Gasteiger partial charge in [-0.05, 0) is 18.6 Å². The standard InChI is InChI=1S/C23H37NO9/c1-2-3-4-5-6-23(25)33-20-18-31-16-14-29-12-11-28-13-15-30-17-19-32-22-9-7-21(8-10-22)24(26)27/h7-10H,2-6,11-20H2,1H3. The Morgan fingerprint density at radius 3 is 1.79 bits per heavy atom. The minimum Gasteiger partial charge on any atom is -0.491 e. The first-order valence-corrected chi connectivity index (χ1v) is 11.5. The van der Waals surface area contributed by atoms with Crippen molar-refractivity contribution in [3.8, 4) is 5.75 Å². The highest BCUT2D eigenvalue weighted by Crippen LogP contribution is 2.17. The van der Waals surface area contributed by atoms with Crippen molar-refractivity contribution in [3.05, 3.63) is 34.4 Å². The van der Waals surface area contributed by atoms with E-state index < -0.39 is 4.92 Å². The van der Waals surface area contributed by atoms with E-state index in [4.69, 9.17) is 28.4 Å². The summed E-state index contributed by atoms with van der Waals surface area (Å²) in [6, 6.07) is 5.90. The lowest BCUT2D eigenvalue weighted by Crippen LogP contribution is -2.15. The van der Waals surface area contributed by atoms with Crippen LogP contribution in [0.25, 0.3) is 0 Å². The summed E-state index contributed by atoms with van der Waals surface area (Å²) in [5, 5.41) is 10.6. The number of non-ortho nitro benzene ring substituents is 1. The van der Waals surface area contributed by atoms with E-state index in [1.807, 2.05) is 0 Å². The normalized spacial score (nSPS) is 10.8. The minimum absolute atomic E-state index is 0.0262. The first-order valence-electron chi connectivity index (χ1n) is 11.5. The van der Waals surface area contributed by atoms with Gasteiger partial charge in [-0.2, -0.15) is 0 Å². The van der Waals surface area contributed by atoms with Crippen molar-refractivity contribution >= 4 is 11.7 Å². The van der Waals surface area contributed by atoms with E-state index in [1.54, 1.807) is 12.1 Å². The molecule has 0 saturated heterocycles. The predicted molar refractivity (Wildman–Crippen MR) is 122 cm³/mol. The van der Waals surface area contributed by atoms with Crippen LogP contribution in [-0.2, 0) is 28.5 Å². The zero-order valence-corrected chi connectivity index (χ0v) is 19.5. The zero-order valence-electron chi connectivity index (χ0n) is 19.5. The molecule has 0 bridgehead atoms. The summed E-state index contributed by atoms with van der Waals surface area (Å²) in [5.74, 6) is 0.393. The fraction of sp³-hybridized carbons (Fsp3) is 0.696. The maximum Gasteiger partial charge on any atom is 0.305 e. The molecule has 0 fully saturated rings. The Kier molecular flexibility index (Phi) is 17.7. The molecule has 0 N–H and O–H groups in total. The largest absolute Gasteiger partial charge is 0.491 e. The highest BCUT2D eigenvalue weighted by Gasteiger charge is 2.04. The molecule has 10 nitrogen and oxygen atoms in total. The smallest absolute Gasteiger partial charge is 0.305 e. The van der Waals surface area contributed by atoms with Gasteiger partial charge < -0.3 is 28.4 Å². The number of rotatable bonds is 22. The van der Waals surface area contributed by atoms with E-state index >= 15 is 0 Å². The number of hydrogen-bond donors (Lipinski definition) is 0. The number of nitro groups is 1. The molecular formula is C23H37NO9. The van der Waals surface area contributed by atoms with Crippen LogP contribution >= 0.6 is 0 Å². The zero-order chi connectivity index (χ0) is 24.0. The Hall–Kier alpha value is -2.27. The van der Waals surface area contributed by atoms with Crippen molar-refractivity contribution in [1.29, 1.82) is 0 Å². The van der Waals surface area contributed by atoms with E-state index in [2.05, 4.69) is 6.92 Å². The van der Waals surface area contributed by atoms with Crippen molar-refractivity contribution in [2.45, 2.75) is 39.0 Å². The summed E-state index contributed by atoms with van der Waals surface area (Å²) in [5.41, 5.74) is 0.0262. The van der Waals surface area contributed by atoms with Crippen molar-refractivity contribution in [3.63, 3.8) is 0 Å². The van der Waals surface area contributed by atoms with Gasteiger partial charge in [-0.1, -0.05) is 26.2 Å². The molecular weight excluding hydrogens is 434 g/mol. The van der Waals surface area contributed by atoms with Crippen LogP contribution in [0.3, 0.4) is 0 Å². The topological polar surface area (TPSA) is 116 Å². The number of ether oxygens (including phenoxy) is 6. The lowest BCUT2D eigenvalue weighted by atomic mass is 10.2. The molecule has 0 unspecified atom stereocenters. The number of carbonyl (C=O) groups is 1. The molecule has 0 spiro atoms. The van der Waals surface area contributed by atoms with E-state index in [1.165, 1.54) is 12.1 Å². The average molecular weight is 472 g/mol. The molecule has 0 amide bonds. The van der Waals surface area contributed by atoms with Crippen molar-refractivity contribution in [2.24, 2.45) is 0 Å². The van der Waals surface area contributed by atoms with Gasteiger partial charge in [-0.25, -0.2) is 0 Å². The Morgan fingerprint density at radius 2 is 1.27 bits per heavy atom. The van der Waals surface area contributed by atoms with Gasteiger partial charge in [-0.3, -0.25) is 14.9 Å². The molecule has 0 aliphatic rings. The molecule has 1 aromatic carbocycles. The van der Waals surface area contributed by atoms with Gasteiger partial charge in [0.2, 0.25) is 0 Å². The second-order valence-electron chi connectivity index (χ2n) is 7.08. The lowest BCUT2D eigenvalue weighted by molar-refractivity contribution is -0.384. The lowest BCUT2D eigenvalue weighted by Gasteiger charge is -2.09. The second kappa shape index (κ2) is 20.3. The third-order valence-corrected chi connectivity index (χ3v) is 4.39. The first kappa shape index (κ1) is 28.8. The van der Waals surface area contributed by atoms with E-state index in [9.17, 15) is 14.9 Å². The van der Waals surface area contributed by atoms with E-state index in [-0.39, 0.29) is 18.3 Å². The third kappa shape index (κ3) is 16.9. The monoisotopic (exact) mass is 471 g/mol. The number of esters is 1. The number of benzene rings is 1. The van der Waals surface area contributed by atoms with Crippen LogP contribution in [0, 0.1) is 10.1 Å². The number of hydrogen-bond acceptors (Lipinski definition) is 9. The molecule has 0 aromatic heterocycles. The van der Waals surface area contributed by atoms with Gasteiger partial charge in [0.05, 0.1) is 57.8 Å². The van der Waals surface area contributed by atoms with Gasteiger partial charge in [0, 0.05) is 18.6 Å². The summed E-state index contributed by atoms with van der Waals surface area (Å²) in [4.78, 5) is 21.6. The molecule has 0 aliphatic carbocycles. The first-order chi connectivity index (χ1) is 16.1. The molecule has 0 aliphatic heterocycles. The maximum atomic E-state index is 11.5. The fourth-order valence-electron chi connectivity index (χ4n) is 2.63. The summed E-state index contributed by atoms with van der Waals surface area (Å²) in [6.07, 6.45) is 4.73. The summed E-state index contributed by atoms with van der Waals surface area (Å²) < 4.78 is 32.1. The predicted octanol–water partition coefficient (Wildman–Crippen LogP) is 3.55. The molecule has 10 heteroatoms. The quantitative estimate of drug-likeness (QED) is 0.108. The summed E-state index contributed by atoms with van der Waals surface area (Å²) in [7, 11) is 0. The van der Waals surface area contributed by atoms with Crippen LogP contribution in [0.4, 0.5) is 5.69 Å².